The molecule has 2 aliphatic rings. The molecule has 5 rings (SSSR count). The highest BCUT2D eigenvalue weighted by Gasteiger charge is 2.41. The largest absolute Gasteiger partial charge is 0.497 e. The lowest BCUT2D eigenvalue weighted by Crippen LogP contribution is -2.33. The Balaban J connectivity index is 1.39. The number of methoxy groups -OCH3 is 1. The summed E-state index contributed by atoms with van der Waals surface area (Å²) in [6.45, 7) is 2.98. The van der Waals surface area contributed by atoms with Crippen molar-refractivity contribution in [3.8, 4) is 17.2 Å². The molecule has 0 N–H and O–H groups in total. The minimum Gasteiger partial charge on any atom is -0.497 e. The number of hydrogen-bond acceptors (Lipinski definition) is 5. The summed E-state index contributed by atoms with van der Waals surface area (Å²) in [5, 5.41) is 7.17. The first-order valence-corrected chi connectivity index (χ1v) is 13.1. The summed E-state index contributed by atoms with van der Waals surface area (Å²) < 4.78 is 18.8. The molecule has 3 aromatic carbocycles. The first-order valence-electron chi connectivity index (χ1n) is 12.4. The van der Waals surface area contributed by atoms with Crippen LogP contribution in [0.3, 0.4) is 0 Å². The SMILES string of the molecule is CCCCCCOc1ccc([C@H]2Oc3ccc(Br)cc3[C@@H]3CC(c4ccc(OC)cc4)=NN23)cc1. The van der Waals surface area contributed by atoms with Gasteiger partial charge in [-0.1, -0.05) is 42.1 Å². The van der Waals surface area contributed by atoms with Crippen molar-refractivity contribution in [2.24, 2.45) is 5.10 Å². The van der Waals surface area contributed by atoms with E-state index in [9.17, 15) is 0 Å². The van der Waals surface area contributed by atoms with Crippen molar-refractivity contribution in [2.45, 2.75) is 51.3 Å². The molecule has 0 spiro atoms. The van der Waals surface area contributed by atoms with Crippen LogP contribution in [0.2, 0.25) is 0 Å². The Hall–Kier alpha value is -2.99. The maximum Gasteiger partial charge on any atom is 0.213 e. The van der Waals surface area contributed by atoms with Crippen LogP contribution in [-0.2, 0) is 0 Å². The van der Waals surface area contributed by atoms with Gasteiger partial charge >= 0.3 is 0 Å². The predicted octanol–water partition coefficient (Wildman–Crippen LogP) is 7.66. The Bertz CT molecular complexity index is 1180. The molecule has 0 fully saturated rings. The average Bonchev–Trinajstić information content (AvgIpc) is 3.35. The molecule has 2 atom stereocenters. The van der Waals surface area contributed by atoms with E-state index in [1.807, 2.05) is 36.4 Å². The Labute approximate surface area is 215 Å². The standard InChI is InChI=1S/C29H31BrN2O3/c1-3-4-5-6-17-34-24-14-9-21(10-15-24)29-32-27(25-18-22(30)11-16-28(25)35-29)19-26(31-32)20-7-12-23(33-2)13-8-20/h7-16,18,27,29H,3-6,17,19H2,1-2H3/t27-,29+/m0/s1. The molecule has 0 saturated heterocycles. The number of hydrazone groups is 1. The zero-order valence-electron chi connectivity index (χ0n) is 20.2. The summed E-state index contributed by atoms with van der Waals surface area (Å²) in [6.07, 6.45) is 5.31. The van der Waals surface area contributed by atoms with Crippen LogP contribution in [0.25, 0.3) is 0 Å². The second-order valence-electron chi connectivity index (χ2n) is 9.01. The summed E-state index contributed by atoms with van der Waals surface area (Å²) in [7, 11) is 1.68. The van der Waals surface area contributed by atoms with Crippen LogP contribution >= 0.6 is 15.9 Å². The quantitative estimate of drug-likeness (QED) is 0.264. The van der Waals surface area contributed by atoms with Gasteiger partial charge in [-0.2, -0.15) is 5.10 Å². The number of unbranched alkanes of at least 4 members (excludes halogenated alkanes) is 3. The molecule has 182 valence electrons. The minimum atomic E-state index is -0.303. The Kier molecular flexibility index (Phi) is 7.28. The maximum atomic E-state index is 6.51. The number of halogens is 1. The molecular formula is C29H31BrN2O3. The van der Waals surface area contributed by atoms with Gasteiger partial charge in [0.1, 0.15) is 17.2 Å². The monoisotopic (exact) mass is 534 g/mol. The van der Waals surface area contributed by atoms with E-state index in [2.05, 4.69) is 58.2 Å². The van der Waals surface area contributed by atoms with Crippen molar-refractivity contribution >= 4 is 21.6 Å². The van der Waals surface area contributed by atoms with Gasteiger partial charge in [-0.3, -0.25) is 0 Å². The molecule has 3 aromatic rings. The van der Waals surface area contributed by atoms with Gasteiger partial charge in [0, 0.05) is 22.0 Å². The third-order valence-corrected chi connectivity index (χ3v) is 7.10. The van der Waals surface area contributed by atoms with E-state index >= 15 is 0 Å². The third-order valence-electron chi connectivity index (χ3n) is 6.61. The van der Waals surface area contributed by atoms with E-state index in [1.54, 1.807) is 7.11 Å². The summed E-state index contributed by atoms with van der Waals surface area (Å²) in [5.74, 6) is 2.64. The van der Waals surface area contributed by atoms with E-state index in [-0.39, 0.29) is 12.3 Å². The molecule has 0 aromatic heterocycles. The number of hydrogen-bond donors (Lipinski definition) is 0. The summed E-state index contributed by atoms with van der Waals surface area (Å²) in [4.78, 5) is 0. The summed E-state index contributed by atoms with van der Waals surface area (Å²) in [5.41, 5.74) is 4.35. The van der Waals surface area contributed by atoms with Crippen LogP contribution in [0.4, 0.5) is 0 Å². The number of nitrogens with zero attached hydrogens (tertiary/aromatic N) is 2. The fourth-order valence-corrected chi connectivity index (χ4v) is 5.06. The predicted molar refractivity (Wildman–Crippen MR) is 142 cm³/mol. The molecule has 0 bridgehead atoms. The molecule has 2 heterocycles. The molecule has 0 unspecified atom stereocenters. The normalized spacial score (nSPS) is 18.4. The Morgan fingerprint density at radius 2 is 1.74 bits per heavy atom. The maximum absolute atomic E-state index is 6.51. The molecule has 0 amide bonds. The first-order chi connectivity index (χ1) is 17.2. The van der Waals surface area contributed by atoms with Crippen molar-refractivity contribution in [1.82, 2.24) is 5.01 Å². The molecular weight excluding hydrogens is 504 g/mol. The van der Waals surface area contributed by atoms with Crippen LogP contribution in [0.15, 0.2) is 76.3 Å². The molecule has 5 nitrogen and oxygen atoms in total. The molecule has 35 heavy (non-hydrogen) atoms. The number of fused-ring (bicyclic) bond motifs is 3. The Morgan fingerprint density at radius 1 is 0.971 bits per heavy atom. The van der Waals surface area contributed by atoms with Gasteiger partial charge < -0.3 is 14.2 Å². The summed E-state index contributed by atoms with van der Waals surface area (Å²) in [6, 6.07) is 22.7. The minimum absolute atomic E-state index is 0.104. The fraction of sp³-hybridized carbons (Fsp3) is 0.345. The molecule has 0 aliphatic carbocycles. The van der Waals surface area contributed by atoms with Crippen LogP contribution < -0.4 is 14.2 Å². The molecule has 0 radical (unpaired) electrons. The van der Waals surface area contributed by atoms with E-state index < -0.39 is 0 Å². The fourth-order valence-electron chi connectivity index (χ4n) is 4.68. The molecule has 6 heteroatoms. The van der Waals surface area contributed by atoms with Crippen LogP contribution in [0, 0.1) is 0 Å². The van der Waals surface area contributed by atoms with E-state index in [0.29, 0.717) is 0 Å². The molecule has 2 aliphatic heterocycles. The highest BCUT2D eigenvalue weighted by molar-refractivity contribution is 9.10. The average molecular weight is 535 g/mol. The lowest BCUT2D eigenvalue weighted by Gasteiger charge is -2.38. The van der Waals surface area contributed by atoms with Gasteiger partial charge in [-0.05, 0) is 78.7 Å². The van der Waals surface area contributed by atoms with Gasteiger partial charge in [-0.25, -0.2) is 5.01 Å². The van der Waals surface area contributed by atoms with Crippen molar-refractivity contribution in [3.05, 3.63) is 87.9 Å². The van der Waals surface area contributed by atoms with Crippen molar-refractivity contribution in [3.63, 3.8) is 0 Å². The number of ether oxygens (including phenoxy) is 3. The third kappa shape index (κ3) is 5.18. The van der Waals surface area contributed by atoms with Crippen LogP contribution in [0.1, 0.15) is 68.0 Å². The van der Waals surface area contributed by atoms with E-state index in [0.717, 1.165) is 63.6 Å². The topological polar surface area (TPSA) is 43.3 Å². The van der Waals surface area contributed by atoms with Crippen molar-refractivity contribution in [1.29, 1.82) is 0 Å². The lowest BCUT2D eigenvalue weighted by molar-refractivity contribution is -0.0191. The van der Waals surface area contributed by atoms with Crippen LogP contribution in [-0.4, -0.2) is 24.4 Å². The zero-order valence-corrected chi connectivity index (χ0v) is 21.8. The van der Waals surface area contributed by atoms with E-state index in [1.165, 1.54) is 19.3 Å². The van der Waals surface area contributed by atoms with Crippen molar-refractivity contribution in [2.75, 3.05) is 13.7 Å². The molecule has 0 saturated carbocycles. The highest BCUT2D eigenvalue weighted by atomic mass is 79.9. The smallest absolute Gasteiger partial charge is 0.213 e. The number of benzene rings is 3. The van der Waals surface area contributed by atoms with Crippen molar-refractivity contribution < 1.29 is 14.2 Å². The van der Waals surface area contributed by atoms with Gasteiger partial charge in [-0.15, -0.1) is 0 Å². The number of rotatable bonds is 9. The van der Waals surface area contributed by atoms with Gasteiger partial charge in [0.25, 0.3) is 0 Å². The Morgan fingerprint density at radius 3 is 2.49 bits per heavy atom. The summed E-state index contributed by atoms with van der Waals surface area (Å²) >= 11 is 3.63. The second-order valence-corrected chi connectivity index (χ2v) is 9.92. The van der Waals surface area contributed by atoms with Gasteiger partial charge in [0.05, 0.1) is 25.5 Å². The first kappa shape index (κ1) is 23.7. The van der Waals surface area contributed by atoms with Gasteiger partial charge in [0.2, 0.25) is 6.23 Å². The zero-order chi connectivity index (χ0) is 24.2. The highest BCUT2D eigenvalue weighted by Crippen LogP contribution is 2.48. The van der Waals surface area contributed by atoms with Crippen LogP contribution in [0.5, 0.6) is 17.2 Å². The second kappa shape index (κ2) is 10.7. The van der Waals surface area contributed by atoms with Gasteiger partial charge in [0.15, 0.2) is 0 Å². The van der Waals surface area contributed by atoms with E-state index in [4.69, 9.17) is 19.3 Å². The lowest BCUT2D eigenvalue weighted by atomic mass is 9.96.